The van der Waals surface area contributed by atoms with Crippen molar-refractivity contribution in [2.24, 2.45) is 0 Å². The molecule has 0 aliphatic carbocycles. The molecule has 0 amide bonds. The van der Waals surface area contributed by atoms with E-state index in [1.54, 1.807) is 11.8 Å². The van der Waals surface area contributed by atoms with Crippen LogP contribution in [-0.2, 0) is 5.75 Å². The molecule has 0 spiro atoms. The molecule has 0 bridgehead atoms. The monoisotopic (exact) mass is 279 g/mol. The Bertz CT molecular complexity index is 735. The Kier molecular flexibility index (Phi) is 3.66. The number of fused-ring (bicyclic) bond motifs is 1. The summed E-state index contributed by atoms with van der Waals surface area (Å²) in [6.07, 6.45) is 0. The minimum absolute atomic E-state index is 0.895. The summed E-state index contributed by atoms with van der Waals surface area (Å²) in [6.45, 7) is 2.10. The van der Waals surface area contributed by atoms with Gasteiger partial charge in [-0.2, -0.15) is 0 Å². The van der Waals surface area contributed by atoms with E-state index in [9.17, 15) is 0 Å². The van der Waals surface area contributed by atoms with Crippen LogP contribution in [0, 0.1) is 6.92 Å². The van der Waals surface area contributed by atoms with Crippen LogP contribution in [0.2, 0.25) is 0 Å². The van der Waals surface area contributed by atoms with E-state index in [2.05, 4.69) is 61.5 Å². The van der Waals surface area contributed by atoms with Crippen LogP contribution in [0.5, 0.6) is 0 Å². The fraction of sp³-hybridized carbons (Fsp3) is 0.111. The zero-order valence-corrected chi connectivity index (χ0v) is 12.3. The third-order valence-corrected chi connectivity index (χ3v) is 4.56. The number of nitrogens with two attached hydrogens (primary N) is 1. The number of nitrogen functional groups attached to an aromatic ring is 1. The van der Waals surface area contributed by atoms with Crippen LogP contribution < -0.4 is 5.73 Å². The lowest BCUT2D eigenvalue weighted by atomic mass is 10.1. The van der Waals surface area contributed by atoms with Gasteiger partial charge in [-0.15, -0.1) is 11.8 Å². The Morgan fingerprint density at radius 3 is 2.50 bits per heavy atom. The highest BCUT2D eigenvalue weighted by Gasteiger charge is 2.05. The van der Waals surface area contributed by atoms with Gasteiger partial charge in [0.25, 0.3) is 0 Å². The van der Waals surface area contributed by atoms with Crippen molar-refractivity contribution in [3.63, 3.8) is 0 Å². The molecular formula is C18H17NS. The van der Waals surface area contributed by atoms with Crippen molar-refractivity contribution in [1.29, 1.82) is 0 Å². The summed E-state index contributed by atoms with van der Waals surface area (Å²) < 4.78 is 0. The van der Waals surface area contributed by atoms with Crippen molar-refractivity contribution in [2.75, 3.05) is 5.73 Å². The highest BCUT2D eigenvalue weighted by molar-refractivity contribution is 7.98. The van der Waals surface area contributed by atoms with Gasteiger partial charge in [0.05, 0.1) is 5.69 Å². The third-order valence-electron chi connectivity index (χ3n) is 3.42. The molecule has 0 atom stereocenters. The van der Waals surface area contributed by atoms with Gasteiger partial charge in [-0.1, -0.05) is 54.1 Å². The molecule has 2 heteroatoms. The second-order valence-electron chi connectivity index (χ2n) is 4.98. The summed E-state index contributed by atoms with van der Waals surface area (Å²) in [5.41, 5.74) is 9.79. The Morgan fingerprint density at radius 2 is 1.70 bits per heavy atom. The molecule has 0 aromatic heterocycles. The van der Waals surface area contributed by atoms with E-state index in [4.69, 9.17) is 5.73 Å². The van der Waals surface area contributed by atoms with Gasteiger partial charge in [0, 0.05) is 16.0 Å². The Morgan fingerprint density at radius 1 is 0.950 bits per heavy atom. The summed E-state index contributed by atoms with van der Waals surface area (Å²) in [6, 6.07) is 21.2. The van der Waals surface area contributed by atoms with E-state index in [-0.39, 0.29) is 0 Å². The van der Waals surface area contributed by atoms with E-state index >= 15 is 0 Å². The van der Waals surface area contributed by atoms with E-state index in [0.717, 1.165) is 21.7 Å². The molecule has 0 unspecified atom stereocenters. The molecule has 0 saturated heterocycles. The zero-order valence-electron chi connectivity index (χ0n) is 11.5. The smallest absolute Gasteiger partial charge is 0.0532 e. The summed E-state index contributed by atoms with van der Waals surface area (Å²) in [7, 11) is 0. The van der Waals surface area contributed by atoms with Gasteiger partial charge in [0.2, 0.25) is 0 Å². The van der Waals surface area contributed by atoms with Crippen molar-refractivity contribution in [2.45, 2.75) is 17.6 Å². The SMILES string of the molecule is Cc1ccc2ccc(SCc3ccccc3)c(N)c2c1. The maximum absolute atomic E-state index is 6.33. The average Bonchev–Trinajstić information content (AvgIpc) is 2.48. The number of rotatable bonds is 3. The molecule has 0 radical (unpaired) electrons. The topological polar surface area (TPSA) is 26.0 Å². The lowest BCUT2D eigenvalue weighted by Gasteiger charge is -2.09. The van der Waals surface area contributed by atoms with Crippen molar-refractivity contribution >= 4 is 28.2 Å². The van der Waals surface area contributed by atoms with Gasteiger partial charge >= 0.3 is 0 Å². The second-order valence-corrected chi connectivity index (χ2v) is 5.99. The number of aryl methyl sites for hydroxylation is 1. The number of thioether (sulfide) groups is 1. The molecule has 100 valence electrons. The molecule has 3 aromatic carbocycles. The molecular weight excluding hydrogens is 262 g/mol. The Hall–Kier alpha value is -1.93. The zero-order chi connectivity index (χ0) is 13.9. The summed E-state index contributed by atoms with van der Waals surface area (Å²) in [5, 5.41) is 2.36. The summed E-state index contributed by atoms with van der Waals surface area (Å²) in [4.78, 5) is 1.16. The molecule has 0 aliphatic heterocycles. The predicted octanol–water partition coefficient (Wildman–Crippen LogP) is 5.02. The molecule has 0 fully saturated rings. The quantitative estimate of drug-likeness (QED) is 0.538. The Labute approximate surface area is 123 Å². The predicted molar refractivity (Wildman–Crippen MR) is 89.1 cm³/mol. The molecule has 3 aromatic rings. The number of anilines is 1. The van der Waals surface area contributed by atoms with Crippen LogP contribution >= 0.6 is 11.8 Å². The summed E-state index contributed by atoms with van der Waals surface area (Å²) in [5.74, 6) is 0.947. The van der Waals surface area contributed by atoms with E-state index in [1.165, 1.54) is 16.5 Å². The fourth-order valence-electron chi connectivity index (χ4n) is 2.30. The van der Waals surface area contributed by atoms with Crippen molar-refractivity contribution < 1.29 is 0 Å². The summed E-state index contributed by atoms with van der Waals surface area (Å²) >= 11 is 1.80. The molecule has 2 N–H and O–H groups in total. The third kappa shape index (κ3) is 2.66. The standard InChI is InChI=1S/C18H17NS/c1-13-7-8-15-9-10-17(18(19)16(15)11-13)20-12-14-5-3-2-4-6-14/h2-11H,12,19H2,1H3. The lowest BCUT2D eigenvalue weighted by molar-refractivity contribution is 1.39. The van der Waals surface area contributed by atoms with E-state index in [1.807, 2.05) is 6.07 Å². The number of hydrogen-bond acceptors (Lipinski definition) is 2. The van der Waals surface area contributed by atoms with Crippen molar-refractivity contribution in [3.8, 4) is 0 Å². The molecule has 3 rings (SSSR count). The number of benzene rings is 3. The van der Waals surface area contributed by atoms with Crippen LogP contribution in [0.15, 0.2) is 65.6 Å². The normalized spacial score (nSPS) is 10.8. The van der Waals surface area contributed by atoms with Gasteiger partial charge in [0.15, 0.2) is 0 Å². The first-order valence-electron chi connectivity index (χ1n) is 6.69. The minimum Gasteiger partial charge on any atom is -0.397 e. The van der Waals surface area contributed by atoms with E-state index in [0.29, 0.717) is 0 Å². The highest BCUT2D eigenvalue weighted by atomic mass is 32.2. The fourth-order valence-corrected chi connectivity index (χ4v) is 3.24. The van der Waals surface area contributed by atoms with Crippen LogP contribution in [-0.4, -0.2) is 0 Å². The second kappa shape index (κ2) is 5.59. The molecule has 0 heterocycles. The van der Waals surface area contributed by atoms with Crippen LogP contribution in [0.4, 0.5) is 5.69 Å². The maximum Gasteiger partial charge on any atom is 0.0532 e. The first kappa shape index (κ1) is 13.1. The Balaban J connectivity index is 1.90. The van der Waals surface area contributed by atoms with Gasteiger partial charge in [0.1, 0.15) is 0 Å². The maximum atomic E-state index is 6.33. The van der Waals surface area contributed by atoms with Crippen molar-refractivity contribution in [3.05, 3.63) is 71.8 Å². The molecule has 0 saturated carbocycles. The van der Waals surface area contributed by atoms with Crippen molar-refractivity contribution in [1.82, 2.24) is 0 Å². The lowest BCUT2D eigenvalue weighted by Crippen LogP contribution is -1.91. The van der Waals surface area contributed by atoms with Gasteiger partial charge in [-0.05, 0) is 30.0 Å². The van der Waals surface area contributed by atoms with Gasteiger partial charge in [-0.25, -0.2) is 0 Å². The minimum atomic E-state index is 0.895. The van der Waals surface area contributed by atoms with Crippen LogP contribution in [0.3, 0.4) is 0 Å². The number of hydrogen-bond donors (Lipinski definition) is 1. The highest BCUT2D eigenvalue weighted by Crippen LogP contribution is 2.34. The van der Waals surface area contributed by atoms with Gasteiger partial charge < -0.3 is 5.73 Å². The van der Waals surface area contributed by atoms with E-state index < -0.39 is 0 Å². The van der Waals surface area contributed by atoms with Gasteiger partial charge in [-0.3, -0.25) is 0 Å². The average molecular weight is 279 g/mol. The molecule has 1 nitrogen and oxygen atoms in total. The van der Waals surface area contributed by atoms with Crippen LogP contribution in [0.25, 0.3) is 10.8 Å². The first-order valence-corrected chi connectivity index (χ1v) is 7.68. The molecule has 0 aliphatic rings. The first-order chi connectivity index (χ1) is 9.74. The largest absolute Gasteiger partial charge is 0.397 e. The molecule has 20 heavy (non-hydrogen) atoms. The van der Waals surface area contributed by atoms with Crippen LogP contribution in [0.1, 0.15) is 11.1 Å².